The maximum Gasteiger partial charge on any atom is 0.331 e. The van der Waals surface area contributed by atoms with Gasteiger partial charge in [0.1, 0.15) is 6.19 Å². The quantitative estimate of drug-likeness (QED) is 0.626. The number of carbonyl (C=O) groups is 2. The second-order valence-electron chi connectivity index (χ2n) is 6.81. The van der Waals surface area contributed by atoms with Gasteiger partial charge in [-0.25, -0.2) is 0 Å². The van der Waals surface area contributed by atoms with E-state index in [4.69, 9.17) is 0 Å². The van der Waals surface area contributed by atoms with E-state index in [1.165, 1.54) is 24.1 Å². The first-order chi connectivity index (χ1) is 11.5. The van der Waals surface area contributed by atoms with Gasteiger partial charge in [0.15, 0.2) is 0 Å². The normalized spacial score (nSPS) is 17.8. The summed E-state index contributed by atoms with van der Waals surface area (Å²) in [4.78, 5) is 24.5. The van der Waals surface area contributed by atoms with E-state index in [1.807, 2.05) is 18.2 Å². The Morgan fingerprint density at radius 3 is 2.29 bits per heavy atom. The standard InChI is InChI=1S/C20H21BNO2/c1-20(2,18-12-13-19(24)22(18)21-14-23)17-10-8-16(9-11-17)15-6-4-3-5-7-15/h3-11,14,18H,12-13H2,1-2H3. The van der Waals surface area contributed by atoms with E-state index in [2.05, 4.69) is 50.2 Å². The fourth-order valence-corrected chi connectivity index (χ4v) is 3.58. The summed E-state index contributed by atoms with van der Waals surface area (Å²) in [6.07, 6.45) is 1.97. The molecular formula is C20H21BNO2. The van der Waals surface area contributed by atoms with Gasteiger partial charge >= 0.3 is 7.41 Å². The van der Waals surface area contributed by atoms with Gasteiger partial charge < -0.3 is 9.61 Å². The van der Waals surface area contributed by atoms with Crippen LogP contribution in [0.25, 0.3) is 11.1 Å². The van der Waals surface area contributed by atoms with Gasteiger partial charge in [-0.1, -0.05) is 68.4 Å². The van der Waals surface area contributed by atoms with Crippen molar-refractivity contribution in [3.63, 3.8) is 0 Å². The van der Waals surface area contributed by atoms with Gasteiger partial charge in [0, 0.05) is 17.9 Å². The maximum atomic E-state index is 12.0. The molecule has 1 amide bonds. The van der Waals surface area contributed by atoms with Crippen molar-refractivity contribution in [1.82, 2.24) is 4.81 Å². The molecule has 0 N–H and O–H groups in total. The molecule has 0 aromatic heterocycles. The summed E-state index contributed by atoms with van der Waals surface area (Å²) >= 11 is 0. The van der Waals surface area contributed by atoms with E-state index in [-0.39, 0.29) is 17.4 Å². The lowest BCUT2D eigenvalue weighted by atomic mass is 9.74. The molecule has 0 aliphatic carbocycles. The fourth-order valence-electron chi connectivity index (χ4n) is 3.58. The molecular weight excluding hydrogens is 297 g/mol. The summed E-state index contributed by atoms with van der Waals surface area (Å²) in [6, 6.07) is 18.8. The fraction of sp³-hybridized carbons (Fsp3) is 0.300. The van der Waals surface area contributed by atoms with Crippen LogP contribution in [0.2, 0.25) is 0 Å². The summed E-state index contributed by atoms with van der Waals surface area (Å²) in [6.45, 7) is 4.28. The Morgan fingerprint density at radius 2 is 1.67 bits per heavy atom. The molecule has 3 nitrogen and oxygen atoms in total. The molecule has 1 radical (unpaired) electrons. The maximum absolute atomic E-state index is 12.0. The third-order valence-electron chi connectivity index (χ3n) is 5.05. The zero-order valence-corrected chi connectivity index (χ0v) is 14.1. The van der Waals surface area contributed by atoms with Crippen LogP contribution in [0.1, 0.15) is 32.3 Å². The summed E-state index contributed by atoms with van der Waals surface area (Å²) in [5.74, 6) is 0.0288. The molecule has 4 heteroatoms. The predicted octanol–water partition coefficient (Wildman–Crippen LogP) is 3.43. The van der Waals surface area contributed by atoms with Gasteiger partial charge in [-0.2, -0.15) is 0 Å². The van der Waals surface area contributed by atoms with Crippen molar-refractivity contribution >= 4 is 19.5 Å². The Labute approximate surface area is 143 Å². The van der Waals surface area contributed by atoms with Gasteiger partial charge in [-0.3, -0.25) is 4.79 Å². The van der Waals surface area contributed by atoms with Gasteiger partial charge in [0.25, 0.3) is 0 Å². The molecule has 0 saturated carbocycles. The molecule has 1 heterocycles. The van der Waals surface area contributed by atoms with E-state index in [0.29, 0.717) is 12.6 Å². The highest BCUT2D eigenvalue weighted by Crippen LogP contribution is 2.37. The van der Waals surface area contributed by atoms with Crippen LogP contribution in [0.4, 0.5) is 0 Å². The SMILES string of the molecule is CC(C)(c1ccc(-c2ccccc2)cc1)C1CCC(=O)N1[B]C=O. The third kappa shape index (κ3) is 3.01. The molecule has 0 spiro atoms. The van der Waals surface area contributed by atoms with E-state index in [0.717, 1.165) is 6.42 Å². The van der Waals surface area contributed by atoms with Crippen LogP contribution in [0, 0.1) is 0 Å². The third-order valence-corrected chi connectivity index (χ3v) is 5.05. The number of hydrogen-bond donors (Lipinski definition) is 0. The molecule has 3 rings (SSSR count). The first-order valence-corrected chi connectivity index (χ1v) is 8.30. The van der Waals surface area contributed by atoms with Crippen molar-refractivity contribution in [2.45, 2.75) is 38.1 Å². The Hall–Kier alpha value is -2.36. The molecule has 1 unspecified atom stereocenters. The Morgan fingerprint density at radius 1 is 1.04 bits per heavy atom. The molecule has 121 valence electrons. The minimum Gasteiger partial charge on any atom is -0.379 e. The molecule has 1 aliphatic rings. The number of benzene rings is 2. The highest BCUT2D eigenvalue weighted by Gasteiger charge is 2.41. The second-order valence-corrected chi connectivity index (χ2v) is 6.81. The van der Waals surface area contributed by atoms with Gasteiger partial charge in [-0.15, -0.1) is 0 Å². The van der Waals surface area contributed by atoms with Gasteiger partial charge in [0.2, 0.25) is 5.91 Å². The van der Waals surface area contributed by atoms with E-state index in [1.54, 1.807) is 4.81 Å². The summed E-state index contributed by atoms with van der Waals surface area (Å²) in [5.41, 5.74) is 3.31. The highest BCUT2D eigenvalue weighted by atomic mass is 16.2. The average Bonchev–Trinajstić information content (AvgIpc) is 2.98. The Bertz CT molecular complexity index is 725. The zero-order chi connectivity index (χ0) is 17.2. The molecule has 1 fully saturated rings. The molecule has 1 atom stereocenters. The molecule has 1 aliphatic heterocycles. The number of rotatable bonds is 5. The van der Waals surface area contributed by atoms with Crippen molar-refractivity contribution in [1.29, 1.82) is 0 Å². The van der Waals surface area contributed by atoms with E-state index >= 15 is 0 Å². The lowest BCUT2D eigenvalue weighted by Gasteiger charge is -2.38. The van der Waals surface area contributed by atoms with Crippen LogP contribution < -0.4 is 0 Å². The monoisotopic (exact) mass is 318 g/mol. The number of carbonyl (C=O) groups excluding carboxylic acids is 2. The first kappa shape index (κ1) is 16.5. The van der Waals surface area contributed by atoms with Crippen molar-refractivity contribution in [2.75, 3.05) is 0 Å². The van der Waals surface area contributed by atoms with Crippen molar-refractivity contribution in [3.05, 3.63) is 60.2 Å². The van der Waals surface area contributed by atoms with E-state index in [9.17, 15) is 9.59 Å². The van der Waals surface area contributed by atoms with Gasteiger partial charge in [0.05, 0.1) is 0 Å². The largest absolute Gasteiger partial charge is 0.379 e. The predicted molar refractivity (Wildman–Crippen MR) is 97.3 cm³/mol. The first-order valence-electron chi connectivity index (χ1n) is 8.30. The second kappa shape index (κ2) is 6.64. The lowest BCUT2D eigenvalue weighted by molar-refractivity contribution is -0.125. The Kier molecular flexibility index (Phi) is 4.56. The Balaban J connectivity index is 1.87. The molecule has 2 aromatic rings. The van der Waals surface area contributed by atoms with Crippen molar-refractivity contribution < 1.29 is 9.59 Å². The number of nitrogens with zero attached hydrogens (tertiary/aromatic N) is 1. The van der Waals surface area contributed by atoms with Gasteiger partial charge in [-0.05, 0) is 23.1 Å². The zero-order valence-electron chi connectivity index (χ0n) is 14.1. The molecule has 2 aromatic carbocycles. The number of amides is 1. The van der Waals surface area contributed by atoms with Crippen LogP contribution in [0.5, 0.6) is 0 Å². The lowest BCUT2D eigenvalue weighted by Crippen LogP contribution is -2.47. The topological polar surface area (TPSA) is 37.4 Å². The molecule has 0 bridgehead atoms. The molecule has 24 heavy (non-hydrogen) atoms. The summed E-state index contributed by atoms with van der Waals surface area (Å²) < 4.78 is 0. The van der Waals surface area contributed by atoms with Crippen LogP contribution in [-0.2, 0) is 15.0 Å². The van der Waals surface area contributed by atoms with Crippen molar-refractivity contribution in [2.24, 2.45) is 0 Å². The number of hydrogen-bond acceptors (Lipinski definition) is 2. The minimum absolute atomic E-state index is 0.0118. The smallest absolute Gasteiger partial charge is 0.331 e. The van der Waals surface area contributed by atoms with Crippen LogP contribution in [-0.4, -0.2) is 30.4 Å². The average molecular weight is 318 g/mol. The minimum atomic E-state index is -0.221. The van der Waals surface area contributed by atoms with Crippen LogP contribution >= 0.6 is 0 Å². The van der Waals surface area contributed by atoms with E-state index < -0.39 is 0 Å². The molecule has 1 saturated heterocycles. The van der Waals surface area contributed by atoms with Crippen LogP contribution in [0.15, 0.2) is 54.6 Å². The van der Waals surface area contributed by atoms with Crippen LogP contribution in [0.3, 0.4) is 0 Å². The highest BCUT2D eigenvalue weighted by molar-refractivity contribution is 6.66. The summed E-state index contributed by atoms with van der Waals surface area (Å²) in [7, 11) is 1.38. The summed E-state index contributed by atoms with van der Waals surface area (Å²) in [5, 5.41) is 0. The van der Waals surface area contributed by atoms with Crippen molar-refractivity contribution in [3.8, 4) is 11.1 Å².